The lowest BCUT2D eigenvalue weighted by atomic mass is 9.98. The molecule has 2 aliphatic rings. The van der Waals surface area contributed by atoms with Gasteiger partial charge in [-0.3, -0.25) is 0 Å². The Balaban J connectivity index is 1.72. The molecule has 0 radical (unpaired) electrons. The van der Waals surface area contributed by atoms with Gasteiger partial charge < -0.3 is 14.2 Å². The molecule has 2 fully saturated rings. The Bertz CT molecular complexity index is 429. The Labute approximate surface area is 116 Å². The average molecular weight is 313 g/mol. The summed E-state index contributed by atoms with van der Waals surface area (Å²) in [6, 6.07) is 8.27. The molecule has 0 spiro atoms. The fourth-order valence-electron chi connectivity index (χ4n) is 2.65. The van der Waals surface area contributed by atoms with Gasteiger partial charge in [0.1, 0.15) is 6.10 Å². The molecular formula is C14H17BrO3. The molecule has 0 aliphatic carbocycles. The van der Waals surface area contributed by atoms with Crippen LogP contribution in [-0.4, -0.2) is 24.6 Å². The summed E-state index contributed by atoms with van der Waals surface area (Å²) in [5.74, 6) is -0.479. The van der Waals surface area contributed by atoms with E-state index in [9.17, 15) is 0 Å². The van der Waals surface area contributed by atoms with Crippen LogP contribution in [0.1, 0.15) is 31.9 Å². The lowest BCUT2D eigenvalue weighted by Crippen LogP contribution is -2.35. The molecule has 3 rings (SSSR count). The van der Waals surface area contributed by atoms with Crippen LogP contribution in [0.3, 0.4) is 0 Å². The number of hydrogen-bond donors (Lipinski definition) is 0. The molecule has 0 unspecified atom stereocenters. The quantitative estimate of drug-likeness (QED) is 0.795. The van der Waals surface area contributed by atoms with Crippen molar-refractivity contribution < 1.29 is 14.2 Å². The van der Waals surface area contributed by atoms with Crippen molar-refractivity contribution in [2.75, 3.05) is 6.61 Å². The Morgan fingerprint density at radius 1 is 1.11 bits per heavy atom. The van der Waals surface area contributed by atoms with Gasteiger partial charge in [0.15, 0.2) is 5.79 Å². The van der Waals surface area contributed by atoms with E-state index in [1.165, 1.54) is 5.56 Å². The molecule has 98 valence electrons. The summed E-state index contributed by atoms with van der Waals surface area (Å²) >= 11 is 3.44. The van der Waals surface area contributed by atoms with Crippen molar-refractivity contribution in [2.24, 2.45) is 0 Å². The van der Waals surface area contributed by atoms with Gasteiger partial charge in [0.05, 0.1) is 18.8 Å². The third-order valence-corrected chi connectivity index (χ3v) is 3.96. The summed E-state index contributed by atoms with van der Waals surface area (Å²) in [5.41, 5.74) is 1.20. The second-order valence-corrected chi connectivity index (χ2v) is 6.24. The van der Waals surface area contributed by atoms with Crippen molar-refractivity contribution in [3.8, 4) is 0 Å². The summed E-state index contributed by atoms with van der Waals surface area (Å²) in [5, 5.41) is 0. The maximum Gasteiger partial charge on any atom is 0.163 e. The van der Waals surface area contributed by atoms with Gasteiger partial charge in [-0.1, -0.05) is 28.1 Å². The zero-order valence-electron chi connectivity index (χ0n) is 10.6. The van der Waals surface area contributed by atoms with E-state index in [-0.39, 0.29) is 18.3 Å². The van der Waals surface area contributed by atoms with E-state index in [1.807, 2.05) is 26.0 Å². The second kappa shape index (κ2) is 4.60. The molecule has 2 heterocycles. The molecule has 3 nitrogen and oxygen atoms in total. The number of rotatable bonds is 1. The number of halogens is 1. The molecule has 0 amide bonds. The Morgan fingerprint density at radius 2 is 1.78 bits per heavy atom. The van der Waals surface area contributed by atoms with Crippen molar-refractivity contribution in [1.82, 2.24) is 0 Å². The largest absolute Gasteiger partial charge is 0.371 e. The van der Waals surface area contributed by atoms with Crippen LogP contribution in [0.4, 0.5) is 0 Å². The monoisotopic (exact) mass is 312 g/mol. The Kier molecular flexibility index (Phi) is 3.22. The number of benzene rings is 1. The van der Waals surface area contributed by atoms with Crippen LogP contribution in [0.2, 0.25) is 0 Å². The van der Waals surface area contributed by atoms with E-state index in [4.69, 9.17) is 14.2 Å². The highest BCUT2D eigenvalue weighted by molar-refractivity contribution is 9.10. The number of hydrogen-bond acceptors (Lipinski definition) is 3. The van der Waals surface area contributed by atoms with Gasteiger partial charge in [0, 0.05) is 10.9 Å². The van der Waals surface area contributed by atoms with Gasteiger partial charge in [-0.25, -0.2) is 0 Å². The van der Waals surface area contributed by atoms with Crippen LogP contribution in [-0.2, 0) is 14.2 Å². The molecule has 0 N–H and O–H groups in total. The van der Waals surface area contributed by atoms with E-state index < -0.39 is 5.79 Å². The molecule has 2 saturated heterocycles. The first kappa shape index (κ1) is 12.6. The van der Waals surface area contributed by atoms with E-state index in [1.54, 1.807) is 0 Å². The minimum atomic E-state index is -0.479. The standard InChI is InChI=1S/C14H17BrO3/c1-14(2)17-12-7-11(16-8-13(12)18-14)9-3-5-10(15)6-4-9/h3-6,11-13H,7-8H2,1-2H3/t11-,12+,13-/m1/s1. The van der Waals surface area contributed by atoms with Crippen molar-refractivity contribution in [2.45, 2.75) is 44.4 Å². The number of fused-ring (bicyclic) bond motifs is 1. The van der Waals surface area contributed by atoms with Gasteiger partial charge in [-0.15, -0.1) is 0 Å². The molecule has 1 aromatic rings. The zero-order valence-corrected chi connectivity index (χ0v) is 12.1. The first-order valence-electron chi connectivity index (χ1n) is 6.26. The van der Waals surface area contributed by atoms with E-state index in [0.29, 0.717) is 6.61 Å². The molecule has 4 heteroatoms. The van der Waals surface area contributed by atoms with Crippen molar-refractivity contribution in [1.29, 1.82) is 0 Å². The van der Waals surface area contributed by atoms with Gasteiger partial charge in [0.25, 0.3) is 0 Å². The van der Waals surface area contributed by atoms with Crippen molar-refractivity contribution in [3.63, 3.8) is 0 Å². The Morgan fingerprint density at radius 3 is 2.50 bits per heavy atom. The van der Waals surface area contributed by atoms with Crippen LogP contribution < -0.4 is 0 Å². The van der Waals surface area contributed by atoms with Crippen LogP contribution in [0.15, 0.2) is 28.7 Å². The topological polar surface area (TPSA) is 27.7 Å². The first-order chi connectivity index (χ1) is 8.53. The summed E-state index contributed by atoms with van der Waals surface area (Å²) in [6.07, 6.45) is 1.18. The molecule has 0 saturated carbocycles. The minimum Gasteiger partial charge on any atom is -0.371 e. The van der Waals surface area contributed by atoms with Gasteiger partial charge in [-0.2, -0.15) is 0 Å². The summed E-state index contributed by atoms with van der Waals surface area (Å²) < 4.78 is 18.7. The fourth-order valence-corrected chi connectivity index (χ4v) is 2.91. The van der Waals surface area contributed by atoms with Gasteiger partial charge in [-0.05, 0) is 31.5 Å². The highest BCUT2D eigenvalue weighted by atomic mass is 79.9. The summed E-state index contributed by atoms with van der Waals surface area (Å²) in [4.78, 5) is 0. The van der Waals surface area contributed by atoms with Gasteiger partial charge in [0.2, 0.25) is 0 Å². The SMILES string of the molecule is CC1(C)O[C@H]2C[C@H](c3ccc(Br)cc3)OC[C@H]2O1. The predicted molar refractivity (Wildman–Crippen MR) is 71.3 cm³/mol. The second-order valence-electron chi connectivity index (χ2n) is 5.32. The Hall–Kier alpha value is -0.420. The fraction of sp³-hybridized carbons (Fsp3) is 0.571. The van der Waals surface area contributed by atoms with E-state index in [2.05, 4.69) is 28.1 Å². The minimum absolute atomic E-state index is 0.0756. The van der Waals surface area contributed by atoms with Crippen molar-refractivity contribution in [3.05, 3.63) is 34.3 Å². The maximum atomic E-state index is 5.92. The van der Waals surface area contributed by atoms with Crippen LogP contribution >= 0.6 is 15.9 Å². The molecule has 0 aromatic heterocycles. The normalized spacial score (nSPS) is 34.3. The van der Waals surface area contributed by atoms with E-state index >= 15 is 0 Å². The lowest BCUT2D eigenvalue weighted by molar-refractivity contribution is -0.146. The molecular weight excluding hydrogens is 296 g/mol. The smallest absolute Gasteiger partial charge is 0.163 e. The van der Waals surface area contributed by atoms with E-state index in [0.717, 1.165) is 10.9 Å². The average Bonchev–Trinajstić information content (AvgIpc) is 2.62. The lowest BCUT2D eigenvalue weighted by Gasteiger charge is -2.30. The van der Waals surface area contributed by atoms with Crippen LogP contribution in [0.25, 0.3) is 0 Å². The zero-order chi connectivity index (χ0) is 12.8. The van der Waals surface area contributed by atoms with Crippen molar-refractivity contribution >= 4 is 15.9 Å². The third-order valence-electron chi connectivity index (χ3n) is 3.43. The molecule has 0 bridgehead atoms. The van der Waals surface area contributed by atoms with Crippen LogP contribution in [0, 0.1) is 0 Å². The van der Waals surface area contributed by atoms with Gasteiger partial charge >= 0.3 is 0 Å². The molecule has 1 aromatic carbocycles. The third kappa shape index (κ3) is 2.48. The highest BCUT2D eigenvalue weighted by Gasteiger charge is 2.45. The molecule has 3 atom stereocenters. The van der Waals surface area contributed by atoms with Crippen LogP contribution in [0.5, 0.6) is 0 Å². The summed E-state index contributed by atoms with van der Waals surface area (Å²) in [6.45, 7) is 4.52. The molecule has 2 aliphatic heterocycles. The summed E-state index contributed by atoms with van der Waals surface area (Å²) in [7, 11) is 0. The number of ether oxygens (including phenoxy) is 3. The highest BCUT2D eigenvalue weighted by Crippen LogP contribution is 2.38. The predicted octanol–water partition coefficient (Wildman–Crippen LogP) is 3.43. The maximum absolute atomic E-state index is 5.92. The molecule has 18 heavy (non-hydrogen) atoms. The first-order valence-corrected chi connectivity index (χ1v) is 7.05.